The topological polar surface area (TPSA) is 27.7 Å². The van der Waals surface area contributed by atoms with Gasteiger partial charge in [0, 0.05) is 24.9 Å². The average Bonchev–Trinajstić information content (AvgIpc) is 2.78. The first-order chi connectivity index (χ1) is 15.0. The first-order valence-corrected chi connectivity index (χ1v) is 12.1. The van der Waals surface area contributed by atoms with Crippen molar-refractivity contribution in [1.82, 2.24) is 0 Å². The lowest BCUT2D eigenvalue weighted by atomic mass is 9.82. The molecular formula is C25H39F3O3. The number of rotatable bonds is 9. The molecule has 0 saturated carbocycles. The largest absolute Gasteiger partial charge is 0.378 e. The maximum atomic E-state index is 14.8. The highest BCUT2D eigenvalue weighted by Crippen LogP contribution is 2.36. The first kappa shape index (κ1) is 24.8. The Labute approximate surface area is 185 Å². The van der Waals surface area contributed by atoms with Gasteiger partial charge in [0.1, 0.15) is 6.17 Å². The molecule has 0 aromatic carbocycles. The van der Waals surface area contributed by atoms with Gasteiger partial charge in [-0.3, -0.25) is 0 Å². The lowest BCUT2D eigenvalue weighted by Crippen LogP contribution is -2.41. The van der Waals surface area contributed by atoms with Gasteiger partial charge < -0.3 is 14.2 Å². The molecule has 6 heteroatoms. The zero-order chi connectivity index (χ0) is 22.2. The minimum absolute atomic E-state index is 0.0708. The van der Waals surface area contributed by atoms with Crippen molar-refractivity contribution >= 4 is 0 Å². The zero-order valence-electron chi connectivity index (χ0n) is 19.0. The summed E-state index contributed by atoms with van der Waals surface area (Å²) in [4.78, 5) is 0. The minimum Gasteiger partial charge on any atom is -0.378 e. The van der Waals surface area contributed by atoms with Gasteiger partial charge in [-0.25, -0.2) is 13.2 Å². The van der Waals surface area contributed by atoms with E-state index < -0.39 is 24.6 Å². The highest BCUT2D eigenvalue weighted by Gasteiger charge is 2.40. The van der Waals surface area contributed by atoms with E-state index in [1.807, 2.05) is 19.1 Å². The van der Waals surface area contributed by atoms with Crippen molar-refractivity contribution in [3.8, 4) is 0 Å². The molecule has 0 N–H and O–H groups in total. The van der Waals surface area contributed by atoms with Crippen molar-refractivity contribution in [1.29, 1.82) is 0 Å². The van der Waals surface area contributed by atoms with E-state index in [2.05, 4.69) is 6.92 Å². The summed E-state index contributed by atoms with van der Waals surface area (Å²) in [5.74, 6) is -0.198. The van der Waals surface area contributed by atoms with Crippen molar-refractivity contribution in [3.63, 3.8) is 0 Å². The Morgan fingerprint density at radius 2 is 2.00 bits per heavy atom. The molecule has 0 bridgehead atoms. The van der Waals surface area contributed by atoms with E-state index in [1.165, 1.54) is 0 Å². The SMILES string of the molecule is C/C=C/C1CCC(C2=CCC(OCCC(F)C3CCC(CCC)OC3)C(F)C2F)CO1. The molecule has 3 aliphatic rings. The van der Waals surface area contributed by atoms with Gasteiger partial charge in [0.2, 0.25) is 0 Å². The predicted molar refractivity (Wildman–Crippen MR) is 116 cm³/mol. The summed E-state index contributed by atoms with van der Waals surface area (Å²) in [7, 11) is 0. The van der Waals surface area contributed by atoms with Crippen LogP contribution in [0.5, 0.6) is 0 Å². The van der Waals surface area contributed by atoms with E-state index in [0.717, 1.165) is 38.5 Å². The molecule has 3 rings (SSSR count). The zero-order valence-corrected chi connectivity index (χ0v) is 19.0. The van der Waals surface area contributed by atoms with Crippen LogP contribution in [-0.4, -0.2) is 56.6 Å². The number of allylic oxidation sites excluding steroid dienone is 1. The van der Waals surface area contributed by atoms with Gasteiger partial charge in [0.05, 0.1) is 31.5 Å². The minimum atomic E-state index is -1.71. The third-order valence-electron chi connectivity index (χ3n) is 6.98. The Kier molecular flexibility index (Phi) is 9.92. The Bertz CT molecular complexity index is 581. The highest BCUT2D eigenvalue weighted by molar-refractivity contribution is 5.20. The second-order valence-corrected chi connectivity index (χ2v) is 9.25. The standard InChI is InChI=1S/C25H39F3O3/c1-3-5-19-9-7-17(15-30-19)21-11-12-23(25(28)24(21)27)29-14-13-22(26)18-8-10-20(6-4-2)31-16-18/h3,5,11,17-20,22-25H,4,6-10,12-16H2,1-2H3/b5-3+. The Morgan fingerprint density at radius 3 is 2.65 bits per heavy atom. The smallest absolute Gasteiger partial charge is 0.161 e. The van der Waals surface area contributed by atoms with Crippen molar-refractivity contribution in [3.05, 3.63) is 23.8 Å². The van der Waals surface area contributed by atoms with Crippen LogP contribution in [0.25, 0.3) is 0 Å². The Morgan fingerprint density at radius 1 is 1.16 bits per heavy atom. The molecule has 31 heavy (non-hydrogen) atoms. The van der Waals surface area contributed by atoms with Gasteiger partial charge in [-0.15, -0.1) is 0 Å². The fourth-order valence-electron chi connectivity index (χ4n) is 5.05. The molecule has 2 heterocycles. The molecule has 8 unspecified atom stereocenters. The molecular weight excluding hydrogens is 405 g/mol. The summed E-state index contributed by atoms with van der Waals surface area (Å²) in [6, 6.07) is 0. The number of halogens is 3. The number of hydrogen-bond donors (Lipinski definition) is 0. The van der Waals surface area contributed by atoms with Gasteiger partial charge in [0.15, 0.2) is 12.3 Å². The van der Waals surface area contributed by atoms with Crippen molar-refractivity contribution in [2.45, 2.75) is 102 Å². The van der Waals surface area contributed by atoms with Crippen LogP contribution in [0.4, 0.5) is 13.2 Å². The first-order valence-electron chi connectivity index (χ1n) is 12.1. The average molecular weight is 445 g/mol. The van der Waals surface area contributed by atoms with Crippen LogP contribution in [0.15, 0.2) is 23.8 Å². The molecule has 2 fully saturated rings. The summed E-state index contributed by atoms with van der Waals surface area (Å²) < 4.78 is 61.2. The number of alkyl halides is 3. The second-order valence-electron chi connectivity index (χ2n) is 9.25. The van der Waals surface area contributed by atoms with Crippen LogP contribution in [0.3, 0.4) is 0 Å². The summed E-state index contributed by atoms with van der Waals surface area (Å²) in [5, 5.41) is 0. The monoisotopic (exact) mass is 444 g/mol. The van der Waals surface area contributed by atoms with Crippen LogP contribution in [0, 0.1) is 11.8 Å². The molecule has 0 aromatic rings. The second kappa shape index (κ2) is 12.4. The summed E-state index contributed by atoms with van der Waals surface area (Å²) in [5.41, 5.74) is 0.510. The molecule has 0 aromatic heterocycles. The van der Waals surface area contributed by atoms with E-state index >= 15 is 0 Å². The molecule has 2 aliphatic heterocycles. The van der Waals surface area contributed by atoms with Crippen molar-refractivity contribution in [2.24, 2.45) is 11.8 Å². The van der Waals surface area contributed by atoms with Crippen LogP contribution in [0.1, 0.15) is 65.2 Å². The Balaban J connectivity index is 1.40. The van der Waals surface area contributed by atoms with Gasteiger partial charge in [-0.1, -0.05) is 31.6 Å². The molecule has 0 amide bonds. The predicted octanol–water partition coefficient (Wildman–Crippen LogP) is 6.07. The lowest BCUT2D eigenvalue weighted by Gasteiger charge is -2.36. The van der Waals surface area contributed by atoms with Crippen LogP contribution < -0.4 is 0 Å². The van der Waals surface area contributed by atoms with E-state index in [0.29, 0.717) is 25.2 Å². The Hall–Kier alpha value is -0.850. The fraction of sp³-hybridized carbons (Fsp3) is 0.840. The highest BCUT2D eigenvalue weighted by atomic mass is 19.2. The maximum Gasteiger partial charge on any atom is 0.161 e. The molecule has 178 valence electrons. The number of ether oxygens (including phenoxy) is 3. The van der Waals surface area contributed by atoms with Crippen LogP contribution >= 0.6 is 0 Å². The number of hydrogen-bond acceptors (Lipinski definition) is 3. The molecule has 2 saturated heterocycles. The summed E-state index contributed by atoms with van der Waals surface area (Å²) in [6.07, 6.45) is 6.76. The van der Waals surface area contributed by atoms with E-state index in [9.17, 15) is 13.2 Å². The van der Waals surface area contributed by atoms with E-state index in [1.54, 1.807) is 6.08 Å². The van der Waals surface area contributed by atoms with E-state index in [-0.39, 0.29) is 37.1 Å². The molecule has 0 radical (unpaired) electrons. The normalized spacial score (nSPS) is 38.2. The summed E-state index contributed by atoms with van der Waals surface area (Å²) >= 11 is 0. The summed E-state index contributed by atoms with van der Waals surface area (Å²) in [6.45, 7) is 5.04. The van der Waals surface area contributed by atoms with Gasteiger partial charge >= 0.3 is 0 Å². The molecule has 0 spiro atoms. The van der Waals surface area contributed by atoms with Crippen LogP contribution in [0.2, 0.25) is 0 Å². The van der Waals surface area contributed by atoms with Gasteiger partial charge in [-0.05, 0) is 51.0 Å². The molecule has 3 nitrogen and oxygen atoms in total. The maximum absolute atomic E-state index is 14.8. The van der Waals surface area contributed by atoms with Gasteiger partial charge in [-0.2, -0.15) is 0 Å². The van der Waals surface area contributed by atoms with Crippen LogP contribution in [-0.2, 0) is 14.2 Å². The lowest BCUT2D eigenvalue weighted by molar-refractivity contribution is -0.0603. The third kappa shape index (κ3) is 6.82. The van der Waals surface area contributed by atoms with E-state index in [4.69, 9.17) is 14.2 Å². The molecule has 8 atom stereocenters. The quantitative estimate of drug-likeness (QED) is 0.404. The van der Waals surface area contributed by atoms with Gasteiger partial charge in [0.25, 0.3) is 0 Å². The van der Waals surface area contributed by atoms with Crippen molar-refractivity contribution < 1.29 is 27.4 Å². The van der Waals surface area contributed by atoms with Crippen molar-refractivity contribution in [2.75, 3.05) is 19.8 Å². The fourth-order valence-corrected chi connectivity index (χ4v) is 5.05. The third-order valence-corrected chi connectivity index (χ3v) is 6.98. The molecule has 1 aliphatic carbocycles.